The first-order chi connectivity index (χ1) is 13.5. The Morgan fingerprint density at radius 1 is 1.29 bits per heavy atom. The second-order valence-corrected chi connectivity index (χ2v) is 7.26. The summed E-state index contributed by atoms with van der Waals surface area (Å²) < 4.78 is 5.26. The van der Waals surface area contributed by atoms with Gasteiger partial charge >= 0.3 is 0 Å². The van der Waals surface area contributed by atoms with Crippen molar-refractivity contribution in [3.05, 3.63) is 69.6 Å². The molecule has 7 heteroatoms. The number of aryl methyl sites for hydroxylation is 2. The monoisotopic (exact) mass is 378 g/mol. The van der Waals surface area contributed by atoms with Gasteiger partial charge in [0, 0.05) is 31.0 Å². The molecule has 1 aliphatic heterocycles. The maximum Gasteiger partial charge on any atom is 0.255 e. The molecule has 0 aliphatic carbocycles. The number of amides is 1. The van der Waals surface area contributed by atoms with Crippen molar-refractivity contribution < 1.29 is 9.32 Å². The number of carbonyl (C=O) groups is 1. The number of aromatic nitrogens is 3. The fourth-order valence-electron chi connectivity index (χ4n) is 3.79. The molecule has 1 unspecified atom stereocenters. The summed E-state index contributed by atoms with van der Waals surface area (Å²) in [5.41, 5.74) is 3.96. The number of nitrogens with zero attached hydrogens (tertiary/aromatic N) is 3. The minimum absolute atomic E-state index is 0.0452. The maximum atomic E-state index is 12.6. The van der Waals surface area contributed by atoms with Crippen molar-refractivity contribution in [2.24, 2.45) is 5.92 Å². The molecule has 1 saturated heterocycles. The first-order valence-corrected chi connectivity index (χ1v) is 9.38. The fraction of sp³-hybridized carbons (Fsp3) is 0.333. The van der Waals surface area contributed by atoms with Gasteiger partial charge in [-0.15, -0.1) is 0 Å². The summed E-state index contributed by atoms with van der Waals surface area (Å²) in [6.45, 7) is 5.21. The van der Waals surface area contributed by atoms with Crippen molar-refractivity contribution in [3.63, 3.8) is 0 Å². The van der Waals surface area contributed by atoms with Gasteiger partial charge in [0.05, 0.1) is 22.5 Å². The van der Waals surface area contributed by atoms with Gasteiger partial charge in [-0.1, -0.05) is 11.2 Å². The minimum atomic E-state index is -0.208. The third-order valence-electron chi connectivity index (χ3n) is 5.20. The van der Waals surface area contributed by atoms with Crippen molar-refractivity contribution in [3.8, 4) is 11.3 Å². The molecule has 144 valence electrons. The Kier molecular flexibility index (Phi) is 4.81. The van der Waals surface area contributed by atoms with Gasteiger partial charge in [0.1, 0.15) is 5.76 Å². The summed E-state index contributed by atoms with van der Waals surface area (Å²) in [6, 6.07) is 8.94. The molecule has 4 heterocycles. The molecule has 1 N–H and O–H groups in total. The quantitative estimate of drug-likeness (QED) is 0.754. The van der Waals surface area contributed by atoms with Crippen LogP contribution in [-0.4, -0.2) is 39.0 Å². The molecule has 1 amide bonds. The lowest BCUT2D eigenvalue weighted by atomic mass is 10.0. The van der Waals surface area contributed by atoms with Gasteiger partial charge in [-0.05, 0) is 50.8 Å². The van der Waals surface area contributed by atoms with Crippen LogP contribution in [0.2, 0.25) is 0 Å². The van der Waals surface area contributed by atoms with Crippen molar-refractivity contribution in [1.29, 1.82) is 0 Å². The summed E-state index contributed by atoms with van der Waals surface area (Å²) in [7, 11) is 0. The molecule has 4 rings (SSSR count). The molecule has 1 fully saturated rings. The van der Waals surface area contributed by atoms with Gasteiger partial charge in [-0.2, -0.15) is 0 Å². The van der Waals surface area contributed by atoms with Crippen molar-refractivity contribution in [2.75, 3.05) is 13.1 Å². The summed E-state index contributed by atoms with van der Waals surface area (Å²) in [4.78, 5) is 33.0. The molecule has 3 aromatic heterocycles. The lowest BCUT2D eigenvalue weighted by Gasteiger charge is -2.16. The lowest BCUT2D eigenvalue weighted by molar-refractivity contribution is 0.0786. The van der Waals surface area contributed by atoms with Gasteiger partial charge in [0.15, 0.2) is 0 Å². The van der Waals surface area contributed by atoms with Crippen LogP contribution in [0.4, 0.5) is 0 Å². The number of hydrogen-bond acceptors (Lipinski definition) is 5. The van der Waals surface area contributed by atoms with Gasteiger partial charge in [0.25, 0.3) is 5.91 Å². The number of hydrogen-bond donors (Lipinski definition) is 1. The first kappa shape index (κ1) is 18.2. The summed E-state index contributed by atoms with van der Waals surface area (Å²) in [5.74, 6) is 1.08. The maximum absolute atomic E-state index is 12.6. The number of aromatic amines is 1. The molecule has 0 saturated carbocycles. The van der Waals surface area contributed by atoms with Gasteiger partial charge in [-0.25, -0.2) is 0 Å². The van der Waals surface area contributed by atoms with Crippen LogP contribution in [0.1, 0.15) is 33.9 Å². The van der Waals surface area contributed by atoms with E-state index in [0.717, 1.165) is 41.2 Å². The Morgan fingerprint density at radius 3 is 2.86 bits per heavy atom. The van der Waals surface area contributed by atoms with Crippen molar-refractivity contribution >= 4 is 5.91 Å². The molecule has 0 spiro atoms. The van der Waals surface area contributed by atoms with Crippen LogP contribution < -0.4 is 5.56 Å². The van der Waals surface area contributed by atoms with Gasteiger partial charge in [0.2, 0.25) is 5.56 Å². The Hall–Kier alpha value is -3.22. The second kappa shape index (κ2) is 7.42. The number of H-pyrrole nitrogens is 1. The Labute approximate surface area is 162 Å². The SMILES string of the molecule is Cc1noc(C)c1-c1cccc(CC2CCN(C(=O)c3ccc(=O)[nH]c3)C2)n1. The summed E-state index contributed by atoms with van der Waals surface area (Å²) in [5, 5.41) is 4.01. The summed E-state index contributed by atoms with van der Waals surface area (Å²) in [6.07, 6.45) is 3.23. The molecule has 1 aliphatic rings. The fourth-order valence-corrected chi connectivity index (χ4v) is 3.79. The highest BCUT2D eigenvalue weighted by Gasteiger charge is 2.27. The third-order valence-corrected chi connectivity index (χ3v) is 5.20. The predicted molar refractivity (Wildman–Crippen MR) is 104 cm³/mol. The van der Waals surface area contributed by atoms with Crippen LogP contribution in [0.5, 0.6) is 0 Å². The van der Waals surface area contributed by atoms with Crippen molar-refractivity contribution in [1.82, 2.24) is 20.0 Å². The zero-order valence-corrected chi connectivity index (χ0v) is 15.9. The summed E-state index contributed by atoms with van der Waals surface area (Å²) >= 11 is 0. The average Bonchev–Trinajstić information content (AvgIpc) is 3.28. The van der Waals surface area contributed by atoms with E-state index in [4.69, 9.17) is 9.51 Å². The topological polar surface area (TPSA) is 92.1 Å². The molecule has 0 aromatic carbocycles. The number of carbonyl (C=O) groups excluding carboxylic acids is 1. The van der Waals surface area contributed by atoms with E-state index in [2.05, 4.69) is 10.1 Å². The minimum Gasteiger partial charge on any atom is -0.361 e. The van der Waals surface area contributed by atoms with E-state index in [1.807, 2.05) is 36.9 Å². The largest absolute Gasteiger partial charge is 0.361 e. The molecule has 1 atom stereocenters. The third kappa shape index (κ3) is 3.60. The van der Waals surface area contributed by atoms with Gasteiger partial charge in [-0.3, -0.25) is 14.6 Å². The van der Waals surface area contributed by atoms with Crippen LogP contribution in [0, 0.1) is 19.8 Å². The Bertz CT molecular complexity index is 1030. The second-order valence-electron chi connectivity index (χ2n) is 7.26. The number of rotatable bonds is 4. The van der Waals surface area contributed by atoms with E-state index in [1.54, 1.807) is 6.07 Å². The normalized spacial score (nSPS) is 16.5. The van der Waals surface area contributed by atoms with E-state index >= 15 is 0 Å². The smallest absolute Gasteiger partial charge is 0.255 e. The highest BCUT2D eigenvalue weighted by molar-refractivity contribution is 5.94. The van der Waals surface area contributed by atoms with Crippen LogP contribution in [0.3, 0.4) is 0 Å². The zero-order chi connectivity index (χ0) is 19.7. The van der Waals surface area contributed by atoms with E-state index in [9.17, 15) is 9.59 Å². The number of likely N-dealkylation sites (tertiary alicyclic amines) is 1. The Morgan fingerprint density at radius 2 is 2.14 bits per heavy atom. The predicted octanol–water partition coefficient (Wildman–Crippen LogP) is 2.75. The molecular formula is C21H22N4O3. The average molecular weight is 378 g/mol. The number of nitrogens with one attached hydrogen (secondary N) is 1. The molecular weight excluding hydrogens is 356 g/mol. The standard InChI is InChI=1S/C21H22N4O3/c1-13-20(14(2)28-24-13)18-5-3-4-17(23-18)10-15-8-9-25(12-15)21(27)16-6-7-19(26)22-11-16/h3-7,11,15H,8-10,12H2,1-2H3,(H,22,26). The van der Waals surface area contributed by atoms with Crippen LogP contribution in [-0.2, 0) is 6.42 Å². The van der Waals surface area contributed by atoms with E-state index < -0.39 is 0 Å². The highest BCUT2D eigenvalue weighted by Crippen LogP contribution is 2.27. The van der Waals surface area contributed by atoms with Crippen LogP contribution in [0.15, 0.2) is 45.8 Å². The molecule has 0 bridgehead atoms. The molecule has 3 aromatic rings. The van der Waals surface area contributed by atoms with Crippen LogP contribution in [0.25, 0.3) is 11.3 Å². The number of pyridine rings is 2. The molecule has 7 nitrogen and oxygen atoms in total. The molecule has 28 heavy (non-hydrogen) atoms. The van der Waals surface area contributed by atoms with E-state index in [1.165, 1.54) is 12.3 Å². The van der Waals surface area contributed by atoms with E-state index in [-0.39, 0.29) is 11.5 Å². The molecule has 0 radical (unpaired) electrons. The lowest BCUT2D eigenvalue weighted by Crippen LogP contribution is -2.29. The van der Waals surface area contributed by atoms with E-state index in [0.29, 0.717) is 24.6 Å². The Balaban J connectivity index is 1.45. The highest BCUT2D eigenvalue weighted by atomic mass is 16.5. The zero-order valence-electron chi connectivity index (χ0n) is 15.9. The van der Waals surface area contributed by atoms with Crippen molar-refractivity contribution in [2.45, 2.75) is 26.7 Å². The van der Waals surface area contributed by atoms with Crippen LogP contribution >= 0.6 is 0 Å². The van der Waals surface area contributed by atoms with Gasteiger partial charge < -0.3 is 14.4 Å². The first-order valence-electron chi connectivity index (χ1n) is 9.38.